The fourth-order valence-corrected chi connectivity index (χ4v) is 3.70. The minimum Gasteiger partial charge on any atom is -0.419 e. The van der Waals surface area contributed by atoms with Gasteiger partial charge in [0.15, 0.2) is 0 Å². The molecule has 0 bridgehead atoms. The predicted molar refractivity (Wildman–Crippen MR) is 121 cm³/mol. The van der Waals surface area contributed by atoms with Crippen molar-refractivity contribution in [2.75, 3.05) is 6.54 Å². The van der Waals surface area contributed by atoms with Crippen LogP contribution >= 0.6 is 11.6 Å². The molecule has 0 atom stereocenters. The molecule has 0 aliphatic carbocycles. The lowest BCUT2D eigenvalue weighted by Crippen LogP contribution is -2.36. The lowest BCUT2D eigenvalue weighted by atomic mass is 10.1. The number of hydrogen-bond acceptors (Lipinski definition) is 6. The van der Waals surface area contributed by atoms with Gasteiger partial charge in [0.2, 0.25) is 17.7 Å². The van der Waals surface area contributed by atoms with Gasteiger partial charge in [-0.25, -0.2) is 4.98 Å². The van der Waals surface area contributed by atoms with Crippen molar-refractivity contribution in [3.63, 3.8) is 0 Å². The summed E-state index contributed by atoms with van der Waals surface area (Å²) in [5.41, 5.74) is 1.94. The number of fused-ring (bicyclic) bond motifs is 1. The molecule has 0 saturated carbocycles. The highest BCUT2D eigenvalue weighted by Gasteiger charge is 2.19. The molecule has 2 aromatic heterocycles. The van der Waals surface area contributed by atoms with Crippen LogP contribution < -0.4 is 5.56 Å². The van der Waals surface area contributed by atoms with Gasteiger partial charge < -0.3 is 9.32 Å². The van der Waals surface area contributed by atoms with E-state index in [4.69, 9.17) is 16.0 Å². The second-order valence-electron chi connectivity index (χ2n) is 7.44. The predicted octanol–water partition coefficient (Wildman–Crippen LogP) is 3.85. The second kappa shape index (κ2) is 9.32. The summed E-state index contributed by atoms with van der Waals surface area (Å²) < 4.78 is 7.07. The van der Waals surface area contributed by atoms with Crippen molar-refractivity contribution in [2.24, 2.45) is 0 Å². The van der Waals surface area contributed by atoms with Crippen LogP contribution in [0.4, 0.5) is 0 Å². The lowest BCUT2D eigenvalue weighted by Gasteiger charge is -2.20. The van der Waals surface area contributed by atoms with Crippen molar-refractivity contribution in [3.05, 3.63) is 75.6 Å². The molecule has 0 N–H and O–H groups in total. The van der Waals surface area contributed by atoms with Crippen molar-refractivity contribution < 1.29 is 9.21 Å². The number of aryl methyl sites for hydroxylation is 1. The Balaban J connectivity index is 1.54. The molecule has 0 unspecified atom stereocenters. The maximum absolute atomic E-state index is 13.0. The smallest absolute Gasteiger partial charge is 0.261 e. The highest BCUT2D eigenvalue weighted by atomic mass is 35.5. The van der Waals surface area contributed by atoms with E-state index >= 15 is 0 Å². The molecule has 4 aromatic rings. The van der Waals surface area contributed by atoms with Crippen molar-refractivity contribution in [2.45, 2.75) is 33.4 Å². The highest BCUT2D eigenvalue weighted by molar-refractivity contribution is 6.33. The van der Waals surface area contributed by atoms with Crippen molar-refractivity contribution >= 4 is 28.4 Å². The monoisotopic (exact) mass is 451 g/mol. The number of amides is 1. The molecular formula is C23H22ClN5O3. The molecule has 0 fully saturated rings. The van der Waals surface area contributed by atoms with E-state index < -0.39 is 0 Å². The summed E-state index contributed by atoms with van der Waals surface area (Å²) in [4.78, 5) is 31.8. The van der Waals surface area contributed by atoms with Gasteiger partial charge in [-0.05, 0) is 37.1 Å². The summed E-state index contributed by atoms with van der Waals surface area (Å²) >= 11 is 6.20. The fraction of sp³-hybridized carbons (Fsp3) is 0.261. The van der Waals surface area contributed by atoms with E-state index in [-0.39, 0.29) is 24.6 Å². The van der Waals surface area contributed by atoms with Gasteiger partial charge >= 0.3 is 0 Å². The van der Waals surface area contributed by atoms with Crippen LogP contribution in [-0.4, -0.2) is 37.1 Å². The van der Waals surface area contributed by atoms with Crippen LogP contribution in [0.3, 0.4) is 0 Å². The minimum absolute atomic E-state index is 0.124. The molecule has 0 aliphatic rings. The maximum atomic E-state index is 13.0. The zero-order chi connectivity index (χ0) is 22.7. The Morgan fingerprint density at radius 3 is 2.75 bits per heavy atom. The average Bonchev–Trinajstić information content (AvgIpc) is 3.24. The van der Waals surface area contributed by atoms with Crippen molar-refractivity contribution in [1.29, 1.82) is 0 Å². The lowest BCUT2D eigenvalue weighted by molar-refractivity contribution is -0.132. The van der Waals surface area contributed by atoms with E-state index in [0.717, 1.165) is 12.0 Å². The van der Waals surface area contributed by atoms with Crippen molar-refractivity contribution in [3.8, 4) is 11.5 Å². The van der Waals surface area contributed by atoms with E-state index in [0.29, 0.717) is 39.8 Å². The molecule has 4 rings (SSSR count). The zero-order valence-electron chi connectivity index (χ0n) is 17.8. The largest absolute Gasteiger partial charge is 0.419 e. The molecular weight excluding hydrogens is 430 g/mol. The molecule has 32 heavy (non-hydrogen) atoms. The Bertz CT molecular complexity index is 1330. The number of rotatable bonds is 7. The molecule has 0 aliphatic heterocycles. The SMILES string of the molecule is CCCN(Cc1nnc(-c2ccccc2Cl)o1)C(=O)Cn1cnc2c(C)cccc2c1=O. The summed E-state index contributed by atoms with van der Waals surface area (Å²) in [6.07, 6.45) is 2.16. The summed E-state index contributed by atoms with van der Waals surface area (Å²) in [6.45, 7) is 4.36. The quantitative estimate of drug-likeness (QED) is 0.423. The van der Waals surface area contributed by atoms with Crippen LogP contribution in [0.5, 0.6) is 0 Å². The third-order valence-electron chi connectivity index (χ3n) is 5.10. The highest BCUT2D eigenvalue weighted by Crippen LogP contribution is 2.26. The van der Waals surface area contributed by atoms with Crippen LogP contribution in [0.2, 0.25) is 5.02 Å². The molecule has 164 valence electrons. The first-order valence-corrected chi connectivity index (χ1v) is 10.7. The van der Waals surface area contributed by atoms with Crippen LogP contribution in [0.25, 0.3) is 22.4 Å². The van der Waals surface area contributed by atoms with E-state index in [9.17, 15) is 9.59 Å². The Hall–Kier alpha value is -3.52. The normalized spacial score (nSPS) is 11.1. The standard InChI is InChI=1S/C23H22ClN5O3/c1-3-11-28(12-19-26-27-22(32-19)16-8-4-5-10-18(16)24)20(30)13-29-14-25-21-15(2)7-6-9-17(21)23(29)31/h4-10,14H,3,11-13H2,1-2H3. The van der Waals surface area contributed by atoms with Gasteiger partial charge in [-0.3, -0.25) is 14.2 Å². The van der Waals surface area contributed by atoms with E-state index in [1.807, 2.05) is 38.1 Å². The number of aromatic nitrogens is 4. The fourth-order valence-electron chi connectivity index (χ4n) is 3.48. The van der Waals surface area contributed by atoms with Gasteiger partial charge in [0.25, 0.3) is 5.56 Å². The third kappa shape index (κ3) is 4.40. The molecule has 2 aromatic carbocycles. The van der Waals surface area contributed by atoms with Gasteiger partial charge in [0.1, 0.15) is 6.54 Å². The topological polar surface area (TPSA) is 94.1 Å². The molecule has 0 spiro atoms. The third-order valence-corrected chi connectivity index (χ3v) is 5.43. The summed E-state index contributed by atoms with van der Waals surface area (Å²) in [6, 6.07) is 12.6. The zero-order valence-corrected chi connectivity index (χ0v) is 18.5. The molecule has 0 saturated heterocycles. The van der Waals surface area contributed by atoms with Gasteiger partial charge in [0.05, 0.1) is 34.4 Å². The number of benzene rings is 2. The number of halogens is 1. The number of para-hydroxylation sites is 1. The summed E-state index contributed by atoms with van der Waals surface area (Å²) in [5.74, 6) is 0.349. The van der Waals surface area contributed by atoms with Gasteiger partial charge in [-0.15, -0.1) is 10.2 Å². The Morgan fingerprint density at radius 1 is 1.16 bits per heavy atom. The molecule has 1 amide bonds. The first-order valence-electron chi connectivity index (χ1n) is 10.3. The second-order valence-corrected chi connectivity index (χ2v) is 7.85. The number of carbonyl (C=O) groups is 1. The van der Waals surface area contributed by atoms with E-state index in [1.165, 1.54) is 10.9 Å². The van der Waals surface area contributed by atoms with Gasteiger partial charge in [-0.1, -0.05) is 42.8 Å². The first-order chi connectivity index (χ1) is 15.5. The van der Waals surface area contributed by atoms with E-state index in [1.54, 1.807) is 23.1 Å². The molecule has 9 heteroatoms. The molecule has 2 heterocycles. The minimum atomic E-state index is -0.248. The first kappa shape index (κ1) is 21.7. The van der Waals surface area contributed by atoms with Crippen LogP contribution in [0, 0.1) is 6.92 Å². The van der Waals surface area contributed by atoms with Crippen LogP contribution in [0.1, 0.15) is 24.8 Å². The Kier molecular flexibility index (Phi) is 6.32. The number of hydrogen-bond donors (Lipinski definition) is 0. The summed E-state index contributed by atoms with van der Waals surface area (Å²) in [5, 5.41) is 9.11. The van der Waals surface area contributed by atoms with Gasteiger partial charge in [-0.2, -0.15) is 0 Å². The van der Waals surface area contributed by atoms with Crippen LogP contribution in [0.15, 0.2) is 58.0 Å². The molecule has 8 nitrogen and oxygen atoms in total. The number of nitrogens with zero attached hydrogens (tertiary/aromatic N) is 5. The van der Waals surface area contributed by atoms with Gasteiger partial charge in [0, 0.05) is 6.54 Å². The maximum Gasteiger partial charge on any atom is 0.261 e. The molecule has 0 radical (unpaired) electrons. The summed E-state index contributed by atoms with van der Waals surface area (Å²) in [7, 11) is 0. The Morgan fingerprint density at radius 2 is 1.97 bits per heavy atom. The Labute approximate surface area is 189 Å². The van der Waals surface area contributed by atoms with Crippen molar-refractivity contribution in [1.82, 2.24) is 24.6 Å². The average molecular weight is 452 g/mol. The van der Waals surface area contributed by atoms with Crippen LogP contribution in [-0.2, 0) is 17.9 Å². The number of carbonyl (C=O) groups excluding carboxylic acids is 1. The van der Waals surface area contributed by atoms with E-state index in [2.05, 4.69) is 15.2 Å².